The summed E-state index contributed by atoms with van der Waals surface area (Å²) in [6, 6.07) is 3.26. The first-order chi connectivity index (χ1) is 8.16. The van der Waals surface area contributed by atoms with E-state index in [9.17, 15) is 4.79 Å². The second kappa shape index (κ2) is 5.44. The van der Waals surface area contributed by atoms with Crippen LogP contribution in [0.5, 0.6) is 0 Å². The highest BCUT2D eigenvalue weighted by Crippen LogP contribution is 2.12. The monoisotopic (exact) mass is 254 g/mol. The molecule has 2 heterocycles. The topological polar surface area (TPSA) is 71.2 Å². The molecule has 1 atom stereocenters. The van der Waals surface area contributed by atoms with Crippen molar-refractivity contribution >= 4 is 17.5 Å². The Labute approximate surface area is 105 Å². The zero-order valence-corrected chi connectivity index (χ0v) is 10.2. The number of hydrogen-bond donors (Lipinski definition) is 2. The Bertz CT molecular complexity index is 412. The van der Waals surface area contributed by atoms with Crippen molar-refractivity contribution in [3.8, 4) is 0 Å². The Morgan fingerprint density at radius 1 is 1.71 bits per heavy atom. The van der Waals surface area contributed by atoms with Crippen LogP contribution in [-0.4, -0.2) is 41.5 Å². The van der Waals surface area contributed by atoms with E-state index >= 15 is 0 Å². The Kier molecular flexibility index (Phi) is 3.93. The molecule has 1 aliphatic heterocycles. The van der Waals surface area contributed by atoms with Crippen LogP contribution in [-0.2, 0) is 11.3 Å². The lowest BCUT2D eigenvalue weighted by molar-refractivity contribution is -0.124. The van der Waals surface area contributed by atoms with Crippen LogP contribution in [0.4, 0.5) is 0 Å². The fraction of sp³-hybridized carbons (Fsp3) is 0.455. The molecule has 92 valence electrons. The summed E-state index contributed by atoms with van der Waals surface area (Å²) in [6.45, 7) is 2.82. The van der Waals surface area contributed by atoms with Crippen molar-refractivity contribution in [3.05, 3.63) is 29.0 Å². The molecule has 1 aliphatic rings. The van der Waals surface area contributed by atoms with Crippen molar-refractivity contribution < 1.29 is 4.79 Å². The number of hydrogen-bond acceptors (Lipinski definition) is 4. The van der Waals surface area contributed by atoms with Crippen LogP contribution < -0.4 is 11.1 Å². The van der Waals surface area contributed by atoms with E-state index in [4.69, 9.17) is 17.3 Å². The molecule has 1 fully saturated rings. The van der Waals surface area contributed by atoms with Crippen LogP contribution in [0.2, 0.25) is 5.02 Å². The molecule has 1 amide bonds. The molecule has 0 aromatic carbocycles. The van der Waals surface area contributed by atoms with Gasteiger partial charge in [0.25, 0.3) is 0 Å². The molecule has 17 heavy (non-hydrogen) atoms. The molecule has 1 saturated heterocycles. The Morgan fingerprint density at radius 2 is 2.53 bits per heavy atom. The minimum absolute atomic E-state index is 0.274. The van der Waals surface area contributed by atoms with Crippen molar-refractivity contribution in [1.29, 1.82) is 0 Å². The van der Waals surface area contributed by atoms with Crippen LogP contribution in [0.1, 0.15) is 5.69 Å². The van der Waals surface area contributed by atoms with Gasteiger partial charge >= 0.3 is 0 Å². The first kappa shape index (κ1) is 12.3. The van der Waals surface area contributed by atoms with Gasteiger partial charge in [-0.3, -0.25) is 14.7 Å². The van der Waals surface area contributed by atoms with Crippen LogP contribution in [0.25, 0.3) is 0 Å². The standard InChI is InChI=1S/C11H15ClN4O/c12-8-1-2-15-9(5-8)7-16-4-3-14-6-10(16)11(13)17/h1-2,5,10,14H,3-4,6-7H2,(H2,13,17). The van der Waals surface area contributed by atoms with Crippen molar-refractivity contribution in [1.82, 2.24) is 15.2 Å². The van der Waals surface area contributed by atoms with E-state index in [2.05, 4.69) is 10.3 Å². The van der Waals surface area contributed by atoms with E-state index < -0.39 is 0 Å². The van der Waals surface area contributed by atoms with Gasteiger partial charge in [-0.2, -0.15) is 0 Å². The molecule has 3 N–H and O–H groups in total. The number of rotatable bonds is 3. The predicted molar refractivity (Wildman–Crippen MR) is 65.5 cm³/mol. The third kappa shape index (κ3) is 3.15. The summed E-state index contributed by atoms with van der Waals surface area (Å²) in [5.74, 6) is -0.306. The Morgan fingerprint density at radius 3 is 3.24 bits per heavy atom. The molecule has 0 bridgehead atoms. The maximum Gasteiger partial charge on any atom is 0.236 e. The van der Waals surface area contributed by atoms with Crippen molar-refractivity contribution in [2.24, 2.45) is 5.73 Å². The van der Waals surface area contributed by atoms with Crippen molar-refractivity contribution in [2.45, 2.75) is 12.6 Å². The lowest BCUT2D eigenvalue weighted by Crippen LogP contribution is -2.56. The highest BCUT2D eigenvalue weighted by molar-refractivity contribution is 6.30. The lowest BCUT2D eigenvalue weighted by Gasteiger charge is -2.33. The lowest BCUT2D eigenvalue weighted by atomic mass is 10.1. The van der Waals surface area contributed by atoms with Gasteiger partial charge in [0.2, 0.25) is 5.91 Å². The van der Waals surface area contributed by atoms with Crippen molar-refractivity contribution in [2.75, 3.05) is 19.6 Å². The zero-order chi connectivity index (χ0) is 12.3. The number of aromatic nitrogens is 1. The minimum atomic E-state index is -0.306. The van der Waals surface area contributed by atoms with Crippen LogP contribution in [0.3, 0.4) is 0 Å². The van der Waals surface area contributed by atoms with Gasteiger partial charge in [0.15, 0.2) is 0 Å². The van der Waals surface area contributed by atoms with E-state index in [0.29, 0.717) is 18.1 Å². The average molecular weight is 255 g/mol. The van der Waals surface area contributed by atoms with Gasteiger partial charge < -0.3 is 11.1 Å². The van der Waals surface area contributed by atoms with E-state index in [1.165, 1.54) is 0 Å². The van der Waals surface area contributed by atoms with Gasteiger partial charge in [-0.15, -0.1) is 0 Å². The molecule has 0 spiro atoms. The number of pyridine rings is 1. The molecular weight excluding hydrogens is 240 g/mol. The molecule has 0 aliphatic carbocycles. The molecule has 1 unspecified atom stereocenters. The normalized spacial score (nSPS) is 21.4. The summed E-state index contributed by atoms with van der Waals surface area (Å²) >= 11 is 5.90. The van der Waals surface area contributed by atoms with Gasteiger partial charge in [-0.1, -0.05) is 11.6 Å². The molecular formula is C11H15ClN4O. The van der Waals surface area contributed by atoms with Gasteiger partial charge in [-0.05, 0) is 12.1 Å². The third-order valence-electron chi connectivity index (χ3n) is 2.83. The van der Waals surface area contributed by atoms with Gasteiger partial charge in [0.05, 0.1) is 5.69 Å². The van der Waals surface area contributed by atoms with Crippen LogP contribution in [0, 0.1) is 0 Å². The number of piperazine rings is 1. The molecule has 2 rings (SSSR count). The first-order valence-corrected chi connectivity index (χ1v) is 5.89. The maximum absolute atomic E-state index is 11.3. The van der Waals surface area contributed by atoms with E-state index in [1.807, 2.05) is 11.0 Å². The number of primary amides is 1. The number of amides is 1. The number of nitrogens with one attached hydrogen (secondary N) is 1. The summed E-state index contributed by atoms with van der Waals surface area (Å²) in [4.78, 5) is 17.6. The van der Waals surface area contributed by atoms with E-state index in [1.54, 1.807) is 12.3 Å². The molecule has 6 heteroatoms. The molecule has 0 radical (unpaired) electrons. The summed E-state index contributed by atoms with van der Waals surface area (Å²) in [6.07, 6.45) is 1.67. The van der Waals surface area contributed by atoms with Gasteiger partial charge in [0.1, 0.15) is 6.04 Å². The SMILES string of the molecule is NC(=O)C1CNCCN1Cc1cc(Cl)ccn1. The van der Waals surface area contributed by atoms with E-state index in [-0.39, 0.29) is 11.9 Å². The fourth-order valence-corrected chi connectivity index (χ4v) is 2.14. The number of carbonyl (C=O) groups excluding carboxylic acids is 1. The maximum atomic E-state index is 11.3. The van der Waals surface area contributed by atoms with Gasteiger partial charge in [0, 0.05) is 37.4 Å². The quantitative estimate of drug-likeness (QED) is 0.796. The van der Waals surface area contributed by atoms with Crippen LogP contribution >= 0.6 is 11.6 Å². The largest absolute Gasteiger partial charge is 0.368 e. The third-order valence-corrected chi connectivity index (χ3v) is 3.06. The van der Waals surface area contributed by atoms with E-state index in [0.717, 1.165) is 18.8 Å². The second-order valence-electron chi connectivity index (χ2n) is 4.06. The molecule has 1 aromatic rings. The minimum Gasteiger partial charge on any atom is -0.368 e. The first-order valence-electron chi connectivity index (χ1n) is 5.51. The molecule has 1 aromatic heterocycles. The van der Waals surface area contributed by atoms with Crippen LogP contribution in [0.15, 0.2) is 18.3 Å². The zero-order valence-electron chi connectivity index (χ0n) is 9.40. The molecule has 0 saturated carbocycles. The summed E-state index contributed by atoms with van der Waals surface area (Å²) in [5.41, 5.74) is 6.23. The number of nitrogens with two attached hydrogens (primary N) is 1. The summed E-state index contributed by atoms with van der Waals surface area (Å²) in [5, 5.41) is 3.81. The highest BCUT2D eigenvalue weighted by atomic mass is 35.5. The Balaban J connectivity index is 2.08. The molecule has 5 nitrogen and oxygen atoms in total. The van der Waals surface area contributed by atoms with Gasteiger partial charge in [-0.25, -0.2) is 0 Å². The fourth-order valence-electron chi connectivity index (χ4n) is 1.96. The number of halogens is 1. The Hall–Kier alpha value is -1.17. The summed E-state index contributed by atoms with van der Waals surface area (Å²) < 4.78 is 0. The summed E-state index contributed by atoms with van der Waals surface area (Å²) in [7, 11) is 0. The van der Waals surface area contributed by atoms with Crippen molar-refractivity contribution in [3.63, 3.8) is 0 Å². The predicted octanol–water partition coefficient (Wildman–Crippen LogP) is -0.00590. The average Bonchev–Trinajstić information content (AvgIpc) is 2.29. The highest BCUT2D eigenvalue weighted by Gasteiger charge is 2.26. The smallest absolute Gasteiger partial charge is 0.236 e. The second-order valence-corrected chi connectivity index (χ2v) is 4.49. The number of nitrogens with zero attached hydrogens (tertiary/aromatic N) is 2. The number of carbonyl (C=O) groups is 1.